The number of hydrogen-bond donors (Lipinski definition) is 2. The quantitative estimate of drug-likeness (QED) is 0.831. The Morgan fingerprint density at radius 1 is 1.47 bits per heavy atom. The van der Waals surface area contributed by atoms with Gasteiger partial charge in [0.15, 0.2) is 0 Å². The van der Waals surface area contributed by atoms with Gasteiger partial charge in [0.05, 0.1) is 5.75 Å². The van der Waals surface area contributed by atoms with Crippen LogP contribution in [0.4, 0.5) is 4.39 Å². The molecule has 0 aromatic heterocycles. The third-order valence-electron chi connectivity index (χ3n) is 2.24. The molecule has 0 bridgehead atoms. The van der Waals surface area contributed by atoms with Crippen LogP contribution in [-0.2, 0) is 16.4 Å². The summed E-state index contributed by atoms with van der Waals surface area (Å²) in [6, 6.07) is 3.40. The second-order valence-electron chi connectivity index (χ2n) is 4.15. The fraction of sp³-hybridized carbons (Fsp3) is 0.455. The van der Waals surface area contributed by atoms with Crippen LogP contribution in [-0.4, -0.2) is 31.6 Å². The second-order valence-corrected chi connectivity index (χ2v) is 6.33. The zero-order valence-electron chi connectivity index (χ0n) is 9.77. The highest BCUT2D eigenvalue weighted by molar-refractivity contribution is 7.90. The van der Waals surface area contributed by atoms with Crippen LogP contribution in [0.1, 0.15) is 12.5 Å². The van der Waals surface area contributed by atoms with E-state index < -0.39 is 15.7 Å². The largest absolute Gasteiger partial charge is 0.508 e. The number of nitrogens with one attached hydrogen (secondary N) is 1. The van der Waals surface area contributed by atoms with E-state index in [-0.39, 0.29) is 24.1 Å². The van der Waals surface area contributed by atoms with Gasteiger partial charge in [0.25, 0.3) is 0 Å². The summed E-state index contributed by atoms with van der Waals surface area (Å²) < 4.78 is 35.0. The van der Waals surface area contributed by atoms with Crippen LogP contribution in [0.25, 0.3) is 0 Å². The Bertz CT molecular complexity index is 487. The molecule has 0 fully saturated rings. The second kappa shape index (κ2) is 5.46. The third kappa shape index (κ3) is 5.14. The summed E-state index contributed by atoms with van der Waals surface area (Å²) in [6.07, 6.45) is 1.16. The Kier molecular flexibility index (Phi) is 4.47. The van der Waals surface area contributed by atoms with E-state index in [2.05, 4.69) is 5.32 Å². The van der Waals surface area contributed by atoms with Gasteiger partial charge in [-0.05, 0) is 25.1 Å². The summed E-state index contributed by atoms with van der Waals surface area (Å²) in [7, 11) is -3.05. The first kappa shape index (κ1) is 13.9. The molecule has 1 aromatic carbocycles. The number of phenols is 1. The van der Waals surface area contributed by atoms with Crippen molar-refractivity contribution in [1.82, 2.24) is 5.32 Å². The van der Waals surface area contributed by atoms with Crippen LogP contribution in [0, 0.1) is 5.82 Å². The molecule has 1 rings (SSSR count). The Balaban J connectivity index is 2.58. The van der Waals surface area contributed by atoms with E-state index in [1.165, 1.54) is 18.2 Å². The number of sulfone groups is 1. The zero-order valence-corrected chi connectivity index (χ0v) is 10.6. The van der Waals surface area contributed by atoms with Gasteiger partial charge in [-0.15, -0.1) is 0 Å². The number of benzene rings is 1. The fourth-order valence-electron chi connectivity index (χ4n) is 1.49. The molecule has 0 aliphatic heterocycles. The molecule has 1 unspecified atom stereocenters. The van der Waals surface area contributed by atoms with Crippen molar-refractivity contribution in [1.29, 1.82) is 0 Å². The molecule has 0 aliphatic carbocycles. The molecule has 0 saturated heterocycles. The first-order valence-electron chi connectivity index (χ1n) is 5.16. The lowest BCUT2D eigenvalue weighted by Crippen LogP contribution is -2.32. The maximum absolute atomic E-state index is 12.9. The molecular weight excluding hydrogens is 245 g/mol. The van der Waals surface area contributed by atoms with Gasteiger partial charge in [-0.1, -0.05) is 0 Å². The third-order valence-corrected chi connectivity index (χ3v) is 3.34. The zero-order chi connectivity index (χ0) is 13.1. The molecule has 1 atom stereocenters. The van der Waals surface area contributed by atoms with Crippen molar-refractivity contribution in [3.8, 4) is 5.75 Å². The number of halogens is 1. The minimum atomic E-state index is -3.05. The molecule has 0 radical (unpaired) electrons. The van der Waals surface area contributed by atoms with Crippen LogP contribution >= 0.6 is 0 Å². The molecular formula is C11H16FNO3S. The van der Waals surface area contributed by atoms with Crippen LogP contribution in [0.3, 0.4) is 0 Å². The predicted molar refractivity (Wildman–Crippen MR) is 64.1 cm³/mol. The van der Waals surface area contributed by atoms with Gasteiger partial charge in [0, 0.05) is 24.4 Å². The molecule has 2 N–H and O–H groups in total. The number of phenolic OH excluding ortho intramolecular Hbond substituents is 1. The topological polar surface area (TPSA) is 66.4 Å². The lowest BCUT2D eigenvalue weighted by Gasteiger charge is -2.13. The maximum Gasteiger partial charge on any atom is 0.148 e. The Hall–Kier alpha value is -1.14. The van der Waals surface area contributed by atoms with Gasteiger partial charge in [-0.3, -0.25) is 0 Å². The minimum Gasteiger partial charge on any atom is -0.508 e. The Morgan fingerprint density at radius 3 is 2.71 bits per heavy atom. The highest BCUT2D eigenvalue weighted by Crippen LogP contribution is 2.17. The summed E-state index contributed by atoms with van der Waals surface area (Å²) >= 11 is 0. The monoisotopic (exact) mass is 261 g/mol. The molecule has 1 aromatic rings. The molecule has 6 heteroatoms. The van der Waals surface area contributed by atoms with Crippen molar-refractivity contribution < 1.29 is 17.9 Å². The van der Waals surface area contributed by atoms with Gasteiger partial charge in [0.1, 0.15) is 21.4 Å². The van der Waals surface area contributed by atoms with Gasteiger partial charge < -0.3 is 10.4 Å². The first-order chi connectivity index (χ1) is 7.78. The van der Waals surface area contributed by atoms with E-state index >= 15 is 0 Å². The molecule has 17 heavy (non-hydrogen) atoms. The number of aromatic hydroxyl groups is 1. The summed E-state index contributed by atoms with van der Waals surface area (Å²) in [5.74, 6) is -0.441. The molecule has 0 aliphatic rings. The van der Waals surface area contributed by atoms with Crippen LogP contribution < -0.4 is 5.32 Å². The fourth-order valence-corrected chi connectivity index (χ4v) is 2.52. The lowest BCUT2D eigenvalue weighted by atomic mass is 10.2. The Morgan fingerprint density at radius 2 is 2.12 bits per heavy atom. The van der Waals surface area contributed by atoms with Gasteiger partial charge in [0.2, 0.25) is 0 Å². The highest BCUT2D eigenvalue weighted by Gasteiger charge is 2.11. The standard InChI is InChI=1S/C11H16FNO3S/c1-8(7-17(2,15)16)13-6-9-5-10(12)3-4-11(9)14/h3-5,8,13-14H,6-7H2,1-2H3. The maximum atomic E-state index is 12.9. The van der Waals surface area contributed by atoms with Crippen molar-refractivity contribution in [3.63, 3.8) is 0 Å². The van der Waals surface area contributed by atoms with Gasteiger partial charge >= 0.3 is 0 Å². The van der Waals surface area contributed by atoms with Crippen LogP contribution in [0.15, 0.2) is 18.2 Å². The molecule has 4 nitrogen and oxygen atoms in total. The van der Waals surface area contributed by atoms with Crippen molar-refractivity contribution in [2.75, 3.05) is 12.0 Å². The molecule has 0 saturated carbocycles. The van der Waals surface area contributed by atoms with Crippen molar-refractivity contribution in [2.45, 2.75) is 19.5 Å². The summed E-state index contributed by atoms with van der Waals surface area (Å²) in [4.78, 5) is 0. The smallest absolute Gasteiger partial charge is 0.148 e. The molecule has 96 valence electrons. The van der Waals surface area contributed by atoms with E-state index in [1.54, 1.807) is 6.92 Å². The number of rotatable bonds is 5. The van der Waals surface area contributed by atoms with E-state index in [0.29, 0.717) is 5.56 Å². The first-order valence-corrected chi connectivity index (χ1v) is 7.22. The average Bonchev–Trinajstić information content (AvgIpc) is 2.17. The predicted octanol–water partition coefficient (Wildman–Crippen LogP) is 1.05. The van der Waals surface area contributed by atoms with E-state index in [0.717, 1.165) is 6.26 Å². The van der Waals surface area contributed by atoms with E-state index in [9.17, 15) is 17.9 Å². The summed E-state index contributed by atoms with van der Waals surface area (Å²) in [5, 5.41) is 12.4. The SMILES string of the molecule is CC(CS(C)(=O)=O)NCc1cc(F)ccc1O. The summed E-state index contributed by atoms with van der Waals surface area (Å²) in [6.45, 7) is 1.94. The van der Waals surface area contributed by atoms with E-state index in [4.69, 9.17) is 0 Å². The number of hydrogen-bond acceptors (Lipinski definition) is 4. The van der Waals surface area contributed by atoms with E-state index in [1.807, 2.05) is 0 Å². The lowest BCUT2D eigenvalue weighted by molar-refractivity contribution is 0.458. The highest BCUT2D eigenvalue weighted by atomic mass is 32.2. The van der Waals surface area contributed by atoms with Crippen LogP contribution in [0.2, 0.25) is 0 Å². The average molecular weight is 261 g/mol. The Labute approximate surface area is 100 Å². The van der Waals surface area contributed by atoms with Gasteiger partial charge in [-0.25, -0.2) is 12.8 Å². The van der Waals surface area contributed by atoms with Crippen molar-refractivity contribution in [2.24, 2.45) is 0 Å². The normalized spacial score (nSPS) is 13.6. The van der Waals surface area contributed by atoms with Crippen molar-refractivity contribution in [3.05, 3.63) is 29.6 Å². The summed E-state index contributed by atoms with van der Waals surface area (Å²) in [5.41, 5.74) is 0.408. The van der Waals surface area contributed by atoms with Crippen LogP contribution in [0.5, 0.6) is 5.75 Å². The molecule has 0 spiro atoms. The van der Waals surface area contributed by atoms with Crippen molar-refractivity contribution >= 4 is 9.84 Å². The molecule has 0 amide bonds. The molecule has 0 heterocycles. The van der Waals surface area contributed by atoms with Gasteiger partial charge in [-0.2, -0.15) is 0 Å². The minimum absolute atomic E-state index is 0.00305.